The molecule has 2 heterocycles. The first kappa shape index (κ1) is 12.3. The highest BCUT2D eigenvalue weighted by Gasteiger charge is 2.25. The quantitative estimate of drug-likeness (QED) is 0.860. The molecular weight excluding hydrogens is 212 g/mol. The van der Waals surface area contributed by atoms with Crippen LogP contribution in [0.5, 0.6) is 0 Å². The largest absolute Gasteiger partial charge is 0.355 e. The van der Waals surface area contributed by atoms with Crippen molar-refractivity contribution in [3.8, 4) is 0 Å². The third kappa shape index (κ3) is 2.94. The summed E-state index contributed by atoms with van der Waals surface area (Å²) in [6, 6.07) is 0. The standard InChI is InChI=1S/C13H22N4/c1-10(2)11-4-5-17(9-11)13-8-15-12(6-14-3)7-16-13/h7-8,10-11,14H,4-6,9H2,1-3H3. The van der Waals surface area contributed by atoms with Crippen molar-refractivity contribution in [3.63, 3.8) is 0 Å². The topological polar surface area (TPSA) is 41.1 Å². The molecule has 1 saturated heterocycles. The second kappa shape index (κ2) is 5.45. The molecule has 0 spiro atoms. The van der Waals surface area contributed by atoms with E-state index in [-0.39, 0.29) is 0 Å². The summed E-state index contributed by atoms with van der Waals surface area (Å²) in [6.07, 6.45) is 5.04. The van der Waals surface area contributed by atoms with Crippen LogP contribution in [-0.4, -0.2) is 30.1 Å². The van der Waals surface area contributed by atoms with Crippen LogP contribution in [0.15, 0.2) is 12.4 Å². The fraction of sp³-hybridized carbons (Fsp3) is 0.692. The maximum Gasteiger partial charge on any atom is 0.147 e. The van der Waals surface area contributed by atoms with Gasteiger partial charge in [-0.05, 0) is 25.3 Å². The lowest BCUT2D eigenvalue weighted by molar-refractivity contribution is 0.422. The van der Waals surface area contributed by atoms with E-state index in [4.69, 9.17) is 0 Å². The Balaban J connectivity index is 1.99. The highest BCUT2D eigenvalue weighted by molar-refractivity contribution is 5.37. The average molecular weight is 234 g/mol. The van der Waals surface area contributed by atoms with Gasteiger partial charge in [0, 0.05) is 19.6 Å². The molecule has 1 unspecified atom stereocenters. The zero-order valence-electron chi connectivity index (χ0n) is 11.0. The van der Waals surface area contributed by atoms with E-state index in [1.165, 1.54) is 6.42 Å². The molecule has 0 aromatic carbocycles. The van der Waals surface area contributed by atoms with E-state index >= 15 is 0 Å². The summed E-state index contributed by atoms with van der Waals surface area (Å²) in [7, 11) is 1.92. The number of hydrogen-bond acceptors (Lipinski definition) is 4. The molecule has 17 heavy (non-hydrogen) atoms. The Morgan fingerprint density at radius 2 is 2.24 bits per heavy atom. The summed E-state index contributed by atoms with van der Waals surface area (Å²) >= 11 is 0. The minimum Gasteiger partial charge on any atom is -0.355 e. The van der Waals surface area contributed by atoms with E-state index in [1.54, 1.807) is 0 Å². The first-order valence-electron chi connectivity index (χ1n) is 6.41. The molecule has 94 valence electrons. The summed E-state index contributed by atoms with van der Waals surface area (Å²) in [5.41, 5.74) is 0.996. The Labute approximate surface area is 103 Å². The van der Waals surface area contributed by atoms with Gasteiger partial charge in [0.1, 0.15) is 5.82 Å². The smallest absolute Gasteiger partial charge is 0.147 e. The Kier molecular flexibility index (Phi) is 3.94. The minimum atomic E-state index is 0.761. The van der Waals surface area contributed by atoms with Crippen molar-refractivity contribution in [2.75, 3.05) is 25.0 Å². The molecule has 0 saturated carbocycles. The van der Waals surface area contributed by atoms with E-state index < -0.39 is 0 Å². The lowest BCUT2D eigenvalue weighted by atomic mass is 9.95. The maximum atomic E-state index is 4.50. The minimum absolute atomic E-state index is 0.761. The number of rotatable bonds is 4. The number of anilines is 1. The molecule has 1 N–H and O–H groups in total. The maximum absolute atomic E-state index is 4.50. The molecule has 0 radical (unpaired) electrons. The fourth-order valence-corrected chi connectivity index (χ4v) is 2.32. The van der Waals surface area contributed by atoms with Gasteiger partial charge < -0.3 is 10.2 Å². The lowest BCUT2D eigenvalue weighted by Gasteiger charge is -2.18. The van der Waals surface area contributed by atoms with Crippen LogP contribution in [0.1, 0.15) is 26.0 Å². The molecule has 1 aliphatic rings. The Hall–Kier alpha value is -1.16. The highest BCUT2D eigenvalue weighted by atomic mass is 15.2. The normalized spacial score (nSPS) is 20.2. The van der Waals surface area contributed by atoms with Crippen molar-refractivity contribution in [1.82, 2.24) is 15.3 Å². The molecular formula is C13H22N4. The molecule has 0 amide bonds. The van der Waals surface area contributed by atoms with Gasteiger partial charge in [-0.2, -0.15) is 0 Å². The average Bonchev–Trinajstić information content (AvgIpc) is 2.80. The molecule has 1 aromatic rings. The predicted molar refractivity (Wildman–Crippen MR) is 70.0 cm³/mol. The predicted octanol–water partition coefficient (Wildman–Crippen LogP) is 1.68. The van der Waals surface area contributed by atoms with Gasteiger partial charge in [-0.25, -0.2) is 4.98 Å². The number of nitrogens with one attached hydrogen (secondary N) is 1. The van der Waals surface area contributed by atoms with Crippen molar-refractivity contribution in [2.24, 2.45) is 11.8 Å². The van der Waals surface area contributed by atoms with Gasteiger partial charge in [0.2, 0.25) is 0 Å². The molecule has 2 rings (SSSR count). The van der Waals surface area contributed by atoms with E-state index in [0.29, 0.717) is 0 Å². The van der Waals surface area contributed by atoms with Crippen LogP contribution in [0.25, 0.3) is 0 Å². The van der Waals surface area contributed by atoms with E-state index in [2.05, 4.69) is 34.0 Å². The van der Waals surface area contributed by atoms with Crippen molar-refractivity contribution < 1.29 is 0 Å². The first-order chi connectivity index (χ1) is 8.20. The second-order valence-electron chi connectivity index (χ2n) is 5.14. The first-order valence-corrected chi connectivity index (χ1v) is 6.41. The molecule has 0 aliphatic carbocycles. The molecule has 1 atom stereocenters. The van der Waals surface area contributed by atoms with Crippen LogP contribution in [0.2, 0.25) is 0 Å². The van der Waals surface area contributed by atoms with Crippen LogP contribution in [0, 0.1) is 11.8 Å². The summed E-state index contributed by atoms with van der Waals surface area (Å²) in [6.45, 7) is 7.62. The van der Waals surface area contributed by atoms with Gasteiger partial charge in [0.05, 0.1) is 18.1 Å². The molecule has 1 fully saturated rings. The molecule has 1 aliphatic heterocycles. The number of hydrogen-bond donors (Lipinski definition) is 1. The third-order valence-corrected chi connectivity index (χ3v) is 3.54. The van der Waals surface area contributed by atoms with Crippen molar-refractivity contribution in [3.05, 3.63) is 18.1 Å². The van der Waals surface area contributed by atoms with Crippen molar-refractivity contribution in [2.45, 2.75) is 26.8 Å². The van der Waals surface area contributed by atoms with Crippen LogP contribution in [-0.2, 0) is 6.54 Å². The Morgan fingerprint density at radius 3 is 2.76 bits per heavy atom. The van der Waals surface area contributed by atoms with E-state index in [0.717, 1.165) is 43.0 Å². The highest BCUT2D eigenvalue weighted by Crippen LogP contribution is 2.26. The van der Waals surface area contributed by atoms with Crippen LogP contribution < -0.4 is 10.2 Å². The summed E-state index contributed by atoms with van der Waals surface area (Å²) in [4.78, 5) is 11.3. The van der Waals surface area contributed by atoms with Gasteiger partial charge in [-0.3, -0.25) is 4.98 Å². The fourth-order valence-electron chi connectivity index (χ4n) is 2.32. The zero-order chi connectivity index (χ0) is 12.3. The van der Waals surface area contributed by atoms with Gasteiger partial charge >= 0.3 is 0 Å². The van der Waals surface area contributed by atoms with Crippen LogP contribution in [0.4, 0.5) is 5.82 Å². The van der Waals surface area contributed by atoms with Gasteiger partial charge in [-0.15, -0.1) is 0 Å². The van der Waals surface area contributed by atoms with E-state index in [1.807, 2.05) is 19.4 Å². The number of nitrogens with zero attached hydrogens (tertiary/aromatic N) is 3. The molecule has 0 bridgehead atoms. The summed E-state index contributed by atoms with van der Waals surface area (Å²) in [5, 5.41) is 3.08. The Morgan fingerprint density at radius 1 is 1.41 bits per heavy atom. The third-order valence-electron chi connectivity index (χ3n) is 3.54. The summed E-state index contributed by atoms with van der Waals surface area (Å²) in [5.74, 6) is 2.58. The Bertz CT molecular complexity index is 347. The summed E-state index contributed by atoms with van der Waals surface area (Å²) < 4.78 is 0. The van der Waals surface area contributed by atoms with Crippen molar-refractivity contribution in [1.29, 1.82) is 0 Å². The van der Waals surface area contributed by atoms with Crippen molar-refractivity contribution >= 4 is 5.82 Å². The van der Waals surface area contributed by atoms with Crippen LogP contribution >= 0.6 is 0 Å². The molecule has 4 heteroatoms. The number of aromatic nitrogens is 2. The lowest BCUT2D eigenvalue weighted by Crippen LogP contribution is -2.22. The SMILES string of the molecule is CNCc1cnc(N2CCC(C(C)C)C2)cn1. The molecule has 1 aromatic heterocycles. The van der Waals surface area contributed by atoms with Gasteiger partial charge in [-0.1, -0.05) is 13.8 Å². The second-order valence-corrected chi connectivity index (χ2v) is 5.14. The zero-order valence-corrected chi connectivity index (χ0v) is 11.0. The monoisotopic (exact) mass is 234 g/mol. The van der Waals surface area contributed by atoms with E-state index in [9.17, 15) is 0 Å². The van der Waals surface area contributed by atoms with Gasteiger partial charge in [0.15, 0.2) is 0 Å². The van der Waals surface area contributed by atoms with Gasteiger partial charge in [0.25, 0.3) is 0 Å². The molecule has 4 nitrogen and oxygen atoms in total. The van der Waals surface area contributed by atoms with Crippen LogP contribution in [0.3, 0.4) is 0 Å².